The average Bonchev–Trinajstić information content (AvgIpc) is 2.72. The summed E-state index contributed by atoms with van der Waals surface area (Å²) in [4.78, 5) is 11.7. The first-order chi connectivity index (χ1) is 8.65. The molecule has 0 atom stereocenters. The maximum Gasteiger partial charge on any atom is 0.259 e. The van der Waals surface area contributed by atoms with Crippen molar-refractivity contribution in [1.82, 2.24) is 10.5 Å². The summed E-state index contributed by atoms with van der Waals surface area (Å²) >= 11 is 6.03. The minimum absolute atomic E-state index is 0.195. The lowest BCUT2D eigenvalue weighted by molar-refractivity contribution is 0.0936. The van der Waals surface area contributed by atoms with Crippen molar-refractivity contribution < 1.29 is 13.7 Å². The fourth-order valence-electron chi connectivity index (χ4n) is 1.63. The Morgan fingerprint density at radius 2 is 2.22 bits per heavy atom. The van der Waals surface area contributed by atoms with Crippen LogP contribution in [0.15, 0.2) is 28.8 Å². The third kappa shape index (κ3) is 2.22. The normalized spacial score (nSPS) is 10.4. The summed E-state index contributed by atoms with van der Waals surface area (Å²) in [5.41, 5.74) is 1.07. The Labute approximate surface area is 108 Å². The van der Waals surface area contributed by atoms with Gasteiger partial charge in [0.15, 0.2) is 6.80 Å². The minimum atomic E-state index is -0.953. The van der Waals surface area contributed by atoms with E-state index in [1.54, 1.807) is 31.2 Å². The van der Waals surface area contributed by atoms with Crippen LogP contribution in [-0.2, 0) is 0 Å². The Kier molecular flexibility index (Phi) is 3.62. The van der Waals surface area contributed by atoms with E-state index in [0.29, 0.717) is 22.0 Å². The molecule has 4 nitrogen and oxygen atoms in total. The zero-order chi connectivity index (χ0) is 13.1. The van der Waals surface area contributed by atoms with Gasteiger partial charge >= 0.3 is 0 Å². The molecule has 94 valence electrons. The zero-order valence-electron chi connectivity index (χ0n) is 9.54. The molecule has 0 aliphatic heterocycles. The smallest absolute Gasteiger partial charge is 0.259 e. The van der Waals surface area contributed by atoms with Crippen LogP contribution in [0, 0.1) is 6.92 Å². The molecule has 1 N–H and O–H groups in total. The van der Waals surface area contributed by atoms with Gasteiger partial charge in [0.25, 0.3) is 5.91 Å². The molecular weight excluding hydrogens is 259 g/mol. The molecule has 0 spiro atoms. The molecule has 0 saturated heterocycles. The molecule has 1 amide bonds. The van der Waals surface area contributed by atoms with Crippen LogP contribution in [0.25, 0.3) is 11.3 Å². The second kappa shape index (κ2) is 5.18. The van der Waals surface area contributed by atoms with Crippen molar-refractivity contribution in [2.45, 2.75) is 6.92 Å². The molecule has 0 aliphatic rings. The number of aryl methyl sites for hydroxylation is 1. The zero-order valence-corrected chi connectivity index (χ0v) is 10.3. The molecule has 1 aromatic carbocycles. The van der Waals surface area contributed by atoms with Crippen LogP contribution in [0.5, 0.6) is 0 Å². The lowest BCUT2D eigenvalue weighted by Gasteiger charge is -2.03. The maximum absolute atomic E-state index is 12.2. The number of carbonyl (C=O) groups excluding carboxylic acids is 1. The van der Waals surface area contributed by atoms with Crippen LogP contribution in [-0.4, -0.2) is 17.9 Å². The number of hydrogen-bond acceptors (Lipinski definition) is 3. The Morgan fingerprint density at radius 3 is 2.89 bits per heavy atom. The van der Waals surface area contributed by atoms with Crippen molar-refractivity contribution in [1.29, 1.82) is 0 Å². The second-order valence-corrected chi connectivity index (χ2v) is 3.99. The van der Waals surface area contributed by atoms with Crippen LogP contribution >= 0.6 is 11.6 Å². The van der Waals surface area contributed by atoms with Crippen molar-refractivity contribution in [3.63, 3.8) is 0 Å². The Morgan fingerprint density at radius 1 is 1.50 bits per heavy atom. The van der Waals surface area contributed by atoms with Gasteiger partial charge in [-0.05, 0) is 13.0 Å². The maximum atomic E-state index is 12.2. The molecule has 1 heterocycles. The molecule has 1 aromatic heterocycles. The van der Waals surface area contributed by atoms with E-state index in [0.717, 1.165) is 0 Å². The van der Waals surface area contributed by atoms with Crippen molar-refractivity contribution in [2.75, 3.05) is 6.80 Å². The van der Waals surface area contributed by atoms with Crippen LogP contribution in [0.2, 0.25) is 5.02 Å². The number of nitrogens with one attached hydrogen (secondary N) is 1. The van der Waals surface area contributed by atoms with E-state index >= 15 is 0 Å². The number of hydrogen-bond donors (Lipinski definition) is 1. The number of nitrogens with zero attached hydrogens (tertiary/aromatic N) is 1. The van der Waals surface area contributed by atoms with Gasteiger partial charge in [0, 0.05) is 5.56 Å². The number of carbonyl (C=O) groups is 1. The van der Waals surface area contributed by atoms with Crippen LogP contribution < -0.4 is 5.32 Å². The fraction of sp³-hybridized carbons (Fsp3) is 0.167. The van der Waals surface area contributed by atoms with Crippen LogP contribution in [0.4, 0.5) is 4.39 Å². The largest absolute Gasteiger partial charge is 0.360 e. The third-order valence-corrected chi connectivity index (χ3v) is 2.78. The van der Waals surface area contributed by atoms with Gasteiger partial charge in [-0.15, -0.1) is 0 Å². The van der Waals surface area contributed by atoms with Crippen molar-refractivity contribution >= 4 is 17.5 Å². The van der Waals surface area contributed by atoms with Gasteiger partial charge in [-0.1, -0.05) is 35.0 Å². The first-order valence-electron chi connectivity index (χ1n) is 5.20. The summed E-state index contributed by atoms with van der Waals surface area (Å²) in [6.45, 7) is 0.631. The van der Waals surface area contributed by atoms with E-state index < -0.39 is 12.7 Å². The number of alkyl halides is 1. The number of benzene rings is 1. The molecule has 2 aromatic rings. The predicted octanol–water partition coefficient (Wildman–Crippen LogP) is 2.96. The summed E-state index contributed by atoms with van der Waals surface area (Å²) in [6.07, 6.45) is 0. The van der Waals surface area contributed by atoms with Gasteiger partial charge in [0.2, 0.25) is 0 Å². The number of rotatable bonds is 3. The molecule has 2 rings (SSSR count). The Balaban J connectivity index is 2.53. The summed E-state index contributed by atoms with van der Waals surface area (Å²) in [5.74, 6) is -0.262. The highest BCUT2D eigenvalue weighted by Crippen LogP contribution is 2.30. The molecular formula is C12H10ClFN2O2. The van der Waals surface area contributed by atoms with Crippen LogP contribution in [0.3, 0.4) is 0 Å². The lowest BCUT2D eigenvalue weighted by atomic mass is 10.1. The number of aromatic nitrogens is 1. The molecule has 0 fully saturated rings. The summed E-state index contributed by atoms with van der Waals surface area (Å²) in [7, 11) is 0. The number of halogens is 2. The van der Waals surface area contributed by atoms with E-state index in [2.05, 4.69) is 10.5 Å². The van der Waals surface area contributed by atoms with Gasteiger partial charge in [0.05, 0.1) is 5.02 Å². The van der Waals surface area contributed by atoms with Crippen molar-refractivity contribution in [3.05, 3.63) is 40.6 Å². The van der Waals surface area contributed by atoms with E-state index in [4.69, 9.17) is 16.1 Å². The number of amides is 1. The molecule has 18 heavy (non-hydrogen) atoms. The summed E-state index contributed by atoms with van der Waals surface area (Å²) in [6, 6.07) is 6.92. The van der Waals surface area contributed by atoms with Crippen molar-refractivity contribution in [2.24, 2.45) is 0 Å². The summed E-state index contributed by atoms with van der Waals surface area (Å²) < 4.78 is 17.2. The van der Waals surface area contributed by atoms with E-state index in [-0.39, 0.29) is 5.56 Å². The minimum Gasteiger partial charge on any atom is -0.360 e. The van der Waals surface area contributed by atoms with Gasteiger partial charge in [0.1, 0.15) is 17.0 Å². The van der Waals surface area contributed by atoms with Crippen molar-refractivity contribution in [3.8, 4) is 11.3 Å². The molecule has 0 bridgehead atoms. The average molecular weight is 269 g/mol. The van der Waals surface area contributed by atoms with Gasteiger partial charge in [-0.2, -0.15) is 0 Å². The SMILES string of the molecule is Cc1onc(-c2ccccc2Cl)c1C(=O)NCF. The Bertz CT molecular complexity index is 583. The van der Waals surface area contributed by atoms with E-state index in [1.165, 1.54) is 0 Å². The highest BCUT2D eigenvalue weighted by molar-refractivity contribution is 6.33. The van der Waals surface area contributed by atoms with Gasteiger partial charge < -0.3 is 9.84 Å². The van der Waals surface area contributed by atoms with Gasteiger partial charge in [-0.25, -0.2) is 4.39 Å². The van der Waals surface area contributed by atoms with Crippen LogP contribution in [0.1, 0.15) is 16.1 Å². The Hall–Kier alpha value is -1.88. The molecule has 0 aliphatic carbocycles. The third-order valence-electron chi connectivity index (χ3n) is 2.45. The van der Waals surface area contributed by atoms with E-state index in [9.17, 15) is 9.18 Å². The standard InChI is InChI=1S/C12H10ClFN2O2/c1-7-10(12(17)15-6-14)11(16-18-7)8-4-2-3-5-9(8)13/h2-5H,6H2,1H3,(H,15,17). The highest BCUT2D eigenvalue weighted by atomic mass is 35.5. The van der Waals surface area contributed by atoms with E-state index in [1.807, 2.05) is 0 Å². The topological polar surface area (TPSA) is 55.1 Å². The predicted molar refractivity (Wildman–Crippen MR) is 65.1 cm³/mol. The lowest BCUT2D eigenvalue weighted by Crippen LogP contribution is -2.22. The molecule has 6 heteroatoms. The molecule has 0 radical (unpaired) electrons. The fourth-order valence-corrected chi connectivity index (χ4v) is 1.85. The quantitative estimate of drug-likeness (QED) is 0.871. The summed E-state index contributed by atoms with van der Waals surface area (Å²) in [5, 5.41) is 6.32. The second-order valence-electron chi connectivity index (χ2n) is 3.58. The first kappa shape index (κ1) is 12.6. The van der Waals surface area contributed by atoms with Gasteiger partial charge in [-0.3, -0.25) is 4.79 Å². The molecule has 0 saturated carbocycles. The molecule has 0 unspecified atom stereocenters. The highest BCUT2D eigenvalue weighted by Gasteiger charge is 2.22. The monoisotopic (exact) mass is 268 g/mol. The first-order valence-corrected chi connectivity index (χ1v) is 5.58.